The molecule has 1 aromatic carbocycles. The number of nitrogens with two attached hydrogens (primary N) is 1. The van der Waals surface area contributed by atoms with Gasteiger partial charge in [-0.1, -0.05) is 38.0 Å². The van der Waals surface area contributed by atoms with Crippen LogP contribution in [0.15, 0.2) is 18.2 Å². The molecule has 3 heteroatoms. The first-order chi connectivity index (χ1) is 8.06. The molecule has 0 radical (unpaired) electrons. The van der Waals surface area contributed by atoms with Gasteiger partial charge in [0.2, 0.25) is 0 Å². The summed E-state index contributed by atoms with van der Waals surface area (Å²) in [6.07, 6.45) is 3.71. The third-order valence-electron chi connectivity index (χ3n) is 2.93. The second-order valence-electron chi connectivity index (χ2n) is 4.51. The van der Waals surface area contributed by atoms with Gasteiger partial charge in [0.05, 0.1) is 0 Å². The van der Waals surface area contributed by atoms with Gasteiger partial charge in [-0.25, -0.2) is 0 Å². The highest BCUT2D eigenvalue weighted by Gasteiger charge is 2.09. The molecule has 0 saturated carbocycles. The van der Waals surface area contributed by atoms with Crippen molar-refractivity contribution in [3.05, 3.63) is 29.3 Å². The Labute approximate surface area is 110 Å². The predicted molar refractivity (Wildman–Crippen MR) is 79.9 cm³/mol. The topological polar surface area (TPSA) is 29.3 Å². The molecule has 0 aliphatic carbocycles. The largest absolute Gasteiger partial charge is 0.389 e. The molecule has 2 nitrogen and oxygen atoms in total. The standard InChI is InChI=1S/C14H22N2S/c1-4-5-6-9-16(3)13-10-11(2)7-8-12(13)14(15)17/h7-8,10H,4-6,9H2,1-3H3,(H2,15,17). The molecular weight excluding hydrogens is 228 g/mol. The van der Waals surface area contributed by atoms with Gasteiger partial charge in [-0.2, -0.15) is 0 Å². The molecule has 2 N–H and O–H groups in total. The lowest BCUT2D eigenvalue weighted by atomic mass is 10.1. The Balaban J connectivity index is 2.86. The quantitative estimate of drug-likeness (QED) is 0.621. The Morgan fingerprint density at radius 2 is 2.06 bits per heavy atom. The summed E-state index contributed by atoms with van der Waals surface area (Å²) in [5.74, 6) is 0. The molecule has 94 valence electrons. The van der Waals surface area contributed by atoms with Crippen molar-refractivity contribution in [1.82, 2.24) is 0 Å². The van der Waals surface area contributed by atoms with E-state index >= 15 is 0 Å². The first-order valence-electron chi connectivity index (χ1n) is 6.17. The molecular formula is C14H22N2S. The van der Waals surface area contributed by atoms with Gasteiger partial charge >= 0.3 is 0 Å². The molecule has 0 fully saturated rings. The van der Waals surface area contributed by atoms with E-state index in [0.29, 0.717) is 4.99 Å². The van der Waals surface area contributed by atoms with Gasteiger partial charge in [0.25, 0.3) is 0 Å². The number of aryl methyl sites for hydroxylation is 1. The van der Waals surface area contributed by atoms with Crippen molar-refractivity contribution < 1.29 is 0 Å². The van der Waals surface area contributed by atoms with E-state index in [-0.39, 0.29) is 0 Å². The number of thiocarbonyl (C=S) groups is 1. The fraction of sp³-hybridized carbons (Fsp3) is 0.500. The van der Waals surface area contributed by atoms with Crippen LogP contribution in [0.5, 0.6) is 0 Å². The second-order valence-corrected chi connectivity index (χ2v) is 4.95. The van der Waals surface area contributed by atoms with Gasteiger partial charge in [-0.05, 0) is 31.0 Å². The van der Waals surface area contributed by atoms with Crippen LogP contribution in [0, 0.1) is 6.92 Å². The van der Waals surface area contributed by atoms with Crippen LogP contribution in [0.1, 0.15) is 37.3 Å². The van der Waals surface area contributed by atoms with E-state index in [2.05, 4.69) is 37.9 Å². The molecule has 1 rings (SSSR count). The van der Waals surface area contributed by atoms with Crippen LogP contribution < -0.4 is 10.6 Å². The van der Waals surface area contributed by atoms with Crippen LogP contribution in [-0.4, -0.2) is 18.6 Å². The zero-order valence-corrected chi connectivity index (χ0v) is 11.8. The van der Waals surface area contributed by atoms with Crippen LogP contribution >= 0.6 is 12.2 Å². The zero-order valence-electron chi connectivity index (χ0n) is 11.0. The summed E-state index contributed by atoms with van der Waals surface area (Å²) in [6, 6.07) is 6.22. The monoisotopic (exact) mass is 250 g/mol. The Morgan fingerprint density at radius 3 is 2.65 bits per heavy atom. The molecule has 0 unspecified atom stereocenters. The molecule has 0 aromatic heterocycles. The minimum atomic E-state index is 0.474. The summed E-state index contributed by atoms with van der Waals surface area (Å²) in [6.45, 7) is 5.35. The molecule has 17 heavy (non-hydrogen) atoms. The summed E-state index contributed by atoms with van der Waals surface area (Å²) < 4.78 is 0. The van der Waals surface area contributed by atoms with Gasteiger partial charge < -0.3 is 10.6 Å². The average molecular weight is 250 g/mol. The zero-order chi connectivity index (χ0) is 12.8. The summed E-state index contributed by atoms with van der Waals surface area (Å²) in [5, 5.41) is 0. The number of rotatable bonds is 6. The van der Waals surface area contributed by atoms with Gasteiger partial charge in [0.15, 0.2) is 0 Å². The number of unbranched alkanes of at least 4 members (excludes halogenated alkanes) is 2. The van der Waals surface area contributed by atoms with E-state index in [4.69, 9.17) is 18.0 Å². The van der Waals surface area contributed by atoms with E-state index in [1.54, 1.807) is 0 Å². The summed E-state index contributed by atoms with van der Waals surface area (Å²) in [4.78, 5) is 2.72. The van der Waals surface area contributed by atoms with E-state index < -0.39 is 0 Å². The van der Waals surface area contributed by atoms with Gasteiger partial charge in [0.1, 0.15) is 4.99 Å². The van der Waals surface area contributed by atoms with Gasteiger partial charge in [0, 0.05) is 24.8 Å². The Kier molecular flexibility index (Phi) is 5.42. The summed E-state index contributed by atoms with van der Waals surface area (Å²) in [7, 11) is 2.10. The SMILES string of the molecule is CCCCCN(C)c1cc(C)ccc1C(N)=S. The maximum atomic E-state index is 5.76. The molecule has 0 atom stereocenters. The molecule has 0 bridgehead atoms. The lowest BCUT2D eigenvalue weighted by Crippen LogP contribution is -2.23. The maximum absolute atomic E-state index is 5.76. The summed E-state index contributed by atoms with van der Waals surface area (Å²) >= 11 is 5.10. The normalized spacial score (nSPS) is 10.3. The minimum Gasteiger partial charge on any atom is -0.389 e. The Bertz CT molecular complexity index is 388. The molecule has 1 aromatic rings. The number of hydrogen-bond donors (Lipinski definition) is 1. The fourth-order valence-electron chi connectivity index (χ4n) is 1.89. The molecule has 0 aliphatic heterocycles. The van der Waals surface area contributed by atoms with Crippen LogP contribution in [0.3, 0.4) is 0 Å². The number of hydrogen-bond acceptors (Lipinski definition) is 2. The van der Waals surface area contributed by atoms with Crippen molar-refractivity contribution in [3.63, 3.8) is 0 Å². The van der Waals surface area contributed by atoms with Crippen molar-refractivity contribution in [3.8, 4) is 0 Å². The predicted octanol–water partition coefficient (Wildman–Crippen LogP) is 3.26. The average Bonchev–Trinajstić information content (AvgIpc) is 2.28. The lowest BCUT2D eigenvalue weighted by Gasteiger charge is -2.22. The van der Waals surface area contributed by atoms with Crippen molar-refractivity contribution in [2.75, 3.05) is 18.5 Å². The Morgan fingerprint density at radius 1 is 1.35 bits per heavy atom. The third kappa shape index (κ3) is 4.00. The fourth-order valence-corrected chi connectivity index (χ4v) is 2.06. The van der Waals surface area contributed by atoms with Crippen LogP contribution in [-0.2, 0) is 0 Å². The van der Waals surface area contributed by atoms with Crippen molar-refractivity contribution in [2.24, 2.45) is 5.73 Å². The molecule has 0 amide bonds. The smallest absolute Gasteiger partial charge is 0.106 e. The highest BCUT2D eigenvalue weighted by atomic mass is 32.1. The third-order valence-corrected chi connectivity index (χ3v) is 3.15. The number of benzene rings is 1. The Hall–Kier alpha value is -1.09. The molecule has 0 spiro atoms. The molecule has 0 aliphatic rings. The molecule has 0 heterocycles. The van der Waals surface area contributed by atoms with E-state index in [1.807, 2.05) is 6.07 Å². The van der Waals surface area contributed by atoms with Crippen LogP contribution in [0.25, 0.3) is 0 Å². The van der Waals surface area contributed by atoms with E-state index in [9.17, 15) is 0 Å². The van der Waals surface area contributed by atoms with Crippen LogP contribution in [0.2, 0.25) is 0 Å². The first-order valence-corrected chi connectivity index (χ1v) is 6.58. The summed E-state index contributed by atoms with van der Waals surface area (Å²) in [5.41, 5.74) is 9.12. The highest BCUT2D eigenvalue weighted by Crippen LogP contribution is 2.21. The van der Waals surface area contributed by atoms with Gasteiger partial charge in [-0.15, -0.1) is 0 Å². The highest BCUT2D eigenvalue weighted by molar-refractivity contribution is 7.80. The minimum absolute atomic E-state index is 0.474. The first kappa shape index (κ1) is 14.0. The number of anilines is 1. The van der Waals surface area contributed by atoms with Crippen molar-refractivity contribution in [2.45, 2.75) is 33.1 Å². The van der Waals surface area contributed by atoms with E-state index in [1.165, 1.54) is 24.8 Å². The second kappa shape index (κ2) is 6.60. The van der Waals surface area contributed by atoms with E-state index in [0.717, 1.165) is 17.8 Å². The van der Waals surface area contributed by atoms with Crippen molar-refractivity contribution in [1.29, 1.82) is 0 Å². The molecule has 0 saturated heterocycles. The number of nitrogens with zero attached hydrogens (tertiary/aromatic N) is 1. The van der Waals surface area contributed by atoms with Crippen molar-refractivity contribution >= 4 is 22.9 Å². The lowest BCUT2D eigenvalue weighted by molar-refractivity contribution is 0.705. The maximum Gasteiger partial charge on any atom is 0.106 e. The van der Waals surface area contributed by atoms with Gasteiger partial charge in [-0.3, -0.25) is 0 Å². The van der Waals surface area contributed by atoms with Crippen LogP contribution in [0.4, 0.5) is 5.69 Å².